The number of hydrogen-bond acceptors (Lipinski definition) is 4. The summed E-state index contributed by atoms with van der Waals surface area (Å²) in [4.78, 5) is 18.4. The first-order chi connectivity index (χ1) is 9.32. The molecule has 1 aromatic heterocycles. The topological polar surface area (TPSA) is 53.4 Å². The Balaban J connectivity index is 2.09. The Kier molecular flexibility index (Phi) is 4.37. The van der Waals surface area contributed by atoms with E-state index in [4.69, 9.17) is 0 Å². The van der Waals surface area contributed by atoms with E-state index >= 15 is 0 Å². The van der Waals surface area contributed by atoms with Crippen LogP contribution < -0.4 is 4.90 Å². The van der Waals surface area contributed by atoms with E-state index in [9.17, 15) is 9.90 Å². The maximum Gasteiger partial charge on any atom is 0.347 e. The molecule has 0 atom stereocenters. The molecule has 0 saturated carbocycles. The van der Waals surface area contributed by atoms with Crippen molar-refractivity contribution in [2.24, 2.45) is 11.3 Å². The van der Waals surface area contributed by atoms with Gasteiger partial charge in [-0.2, -0.15) is 0 Å². The fourth-order valence-corrected chi connectivity index (χ4v) is 3.86. The first kappa shape index (κ1) is 15.3. The van der Waals surface area contributed by atoms with Crippen LogP contribution in [-0.4, -0.2) is 29.1 Å². The van der Waals surface area contributed by atoms with Crippen molar-refractivity contribution >= 4 is 22.4 Å². The van der Waals surface area contributed by atoms with Gasteiger partial charge in [-0.1, -0.05) is 39.0 Å². The molecule has 0 amide bonds. The average Bonchev–Trinajstić information content (AvgIpc) is 2.82. The first-order valence-electron chi connectivity index (χ1n) is 7.31. The van der Waals surface area contributed by atoms with Gasteiger partial charge in [0.15, 0.2) is 5.13 Å². The minimum Gasteiger partial charge on any atom is -0.477 e. The van der Waals surface area contributed by atoms with Crippen LogP contribution in [0.5, 0.6) is 0 Å². The lowest BCUT2D eigenvalue weighted by Crippen LogP contribution is -2.38. The van der Waals surface area contributed by atoms with E-state index in [0.29, 0.717) is 16.7 Å². The molecule has 0 aliphatic carbocycles. The number of thiazole rings is 1. The van der Waals surface area contributed by atoms with Crippen molar-refractivity contribution in [1.82, 2.24) is 4.98 Å². The van der Waals surface area contributed by atoms with Crippen LogP contribution in [0, 0.1) is 11.3 Å². The Bertz CT molecular complexity index is 483. The second-order valence-corrected chi connectivity index (χ2v) is 7.54. The van der Waals surface area contributed by atoms with E-state index in [1.807, 2.05) is 6.92 Å². The van der Waals surface area contributed by atoms with Crippen molar-refractivity contribution in [3.63, 3.8) is 0 Å². The number of anilines is 1. The number of rotatable bonds is 3. The third-order valence-electron chi connectivity index (χ3n) is 4.21. The molecular weight excluding hydrogens is 272 g/mol. The SMILES string of the molecule is CCc1nc(N2CCC(C(C)(C)C)CC2)sc1C(=O)O. The number of aryl methyl sites for hydroxylation is 1. The molecule has 0 unspecified atom stereocenters. The van der Waals surface area contributed by atoms with E-state index in [-0.39, 0.29) is 0 Å². The Morgan fingerprint density at radius 3 is 2.40 bits per heavy atom. The summed E-state index contributed by atoms with van der Waals surface area (Å²) in [7, 11) is 0. The maximum absolute atomic E-state index is 11.2. The minimum absolute atomic E-state index is 0.357. The van der Waals surface area contributed by atoms with Crippen LogP contribution in [0.25, 0.3) is 0 Å². The minimum atomic E-state index is -0.852. The van der Waals surface area contributed by atoms with E-state index < -0.39 is 5.97 Å². The molecule has 5 heteroatoms. The van der Waals surface area contributed by atoms with Gasteiger partial charge in [0.05, 0.1) is 5.69 Å². The molecule has 1 saturated heterocycles. The van der Waals surface area contributed by atoms with Crippen molar-refractivity contribution in [2.75, 3.05) is 18.0 Å². The normalized spacial score (nSPS) is 17.5. The average molecular weight is 296 g/mol. The second kappa shape index (κ2) is 5.72. The van der Waals surface area contributed by atoms with Crippen molar-refractivity contribution in [3.05, 3.63) is 10.6 Å². The molecule has 112 valence electrons. The molecule has 1 aliphatic heterocycles. The number of aromatic nitrogens is 1. The van der Waals surface area contributed by atoms with Crippen molar-refractivity contribution in [1.29, 1.82) is 0 Å². The molecule has 1 fully saturated rings. The first-order valence-corrected chi connectivity index (χ1v) is 8.12. The summed E-state index contributed by atoms with van der Waals surface area (Å²) in [5.41, 5.74) is 1.07. The Morgan fingerprint density at radius 1 is 1.40 bits per heavy atom. The summed E-state index contributed by atoms with van der Waals surface area (Å²) in [5, 5.41) is 10.1. The van der Waals surface area contributed by atoms with Crippen LogP contribution in [0.15, 0.2) is 0 Å². The molecule has 0 bridgehead atoms. The van der Waals surface area contributed by atoms with Crippen LogP contribution in [0.1, 0.15) is 55.9 Å². The summed E-state index contributed by atoms with van der Waals surface area (Å²) in [5.74, 6) is -0.113. The second-order valence-electron chi connectivity index (χ2n) is 6.56. The molecule has 20 heavy (non-hydrogen) atoms. The Morgan fingerprint density at radius 2 is 2.00 bits per heavy atom. The zero-order chi connectivity index (χ0) is 14.9. The third kappa shape index (κ3) is 3.14. The number of aromatic carboxylic acids is 1. The molecule has 1 aromatic rings. The lowest BCUT2D eigenvalue weighted by molar-refractivity contribution is 0.0701. The number of hydrogen-bond donors (Lipinski definition) is 1. The smallest absolute Gasteiger partial charge is 0.347 e. The number of carboxylic acid groups (broad SMARTS) is 1. The van der Waals surface area contributed by atoms with Crippen molar-refractivity contribution in [3.8, 4) is 0 Å². The molecule has 0 spiro atoms. The Labute approximate surface area is 124 Å². The summed E-state index contributed by atoms with van der Waals surface area (Å²) in [6, 6.07) is 0. The van der Waals surface area contributed by atoms with Gasteiger partial charge in [-0.25, -0.2) is 9.78 Å². The summed E-state index contributed by atoms with van der Waals surface area (Å²) >= 11 is 1.32. The van der Waals surface area contributed by atoms with Gasteiger partial charge < -0.3 is 10.0 Å². The predicted octanol–water partition coefficient (Wildman–Crippen LogP) is 3.67. The van der Waals surface area contributed by atoms with Crippen LogP contribution in [0.2, 0.25) is 0 Å². The van der Waals surface area contributed by atoms with E-state index in [1.165, 1.54) is 11.3 Å². The quantitative estimate of drug-likeness (QED) is 0.924. The number of carboxylic acids is 1. The van der Waals surface area contributed by atoms with Crippen LogP contribution in [0.3, 0.4) is 0 Å². The van der Waals surface area contributed by atoms with Crippen LogP contribution >= 0.6 is 11.3 Å². The molecule has 0 aromatic carbocycles. The van der Waals surface area contributed by atoms with Gasteiger partial charge in [0, 0.05) is 13.1 Å². The van der Waals surface area contributed by atoms with Crippen molar-refractivity contribution in [2.45, 2.75) is 47.0 Å². The lowest BCUT2D eigenvalue weighted by Gasteiger charge is -2.38. The zero-order valence-electron chi connectivity index (χ0n) is 12.8. The van der Waals surface area contributed by atoms with Gasteiger partial charge in [-0.15, -0.1) is 0 Å². The fourth-order valence-electron chi connectivity index (χ4n) is 2.82. The maximum atomic E-state index is 11.2. The number of carbonyl (C=O) groups is 1. The summed E-state index contributed by atoms with van der Waals surface area (Å²) < 4.78 is 0. The molecule has 1 aliphatic rings. The van der Waals surface area contributed by atoms with Gasteiger partial charge >= 0.3 is 5.97 Å². The van der Waals surface area contributed by atoms with E-state index in [2.05, 4.69) is 30.7 Å². The van der Waals surface area contributed by atoms with Gasteiger partial charge in [0.25, 0.3) is 0 Å². The standard InChI is InChI=1S/C15H24N2O2S/c1-5-11-12(13(18)19)20-14(16-11)17-8-6-10(7-9-17)15(2,3)4/h10H,5-9H2,1-4H3,(H,18,19). The highest BCUT2D eigenvalue weighted by Gasteiger charge is 2.30. The van der Waals surface area contributed by atoms with E-state index in [0.717, 1.165) is 42.7 Å². The molecule has 2 rings (SSSR count). The molecular formula is C15H24N2O2S. The monoisotopic (exact) mass is 296 g/mol. The molecule has 0 radical (unpaired) electrons. The highest BCUT2D eigenvalue weighted by atomic mass is 32.1. The lowest BCUT2D eigenvalue weighted by atomic mass is 9.75. The number of piperidine rings is 1. The zero-order valence-corrected chi connectivity index (χ0v) is 13.6. The van der Waals surface area contributed by atoms with Gasteiger partial charge in [-0.05, 0) is 30.6 Å². The van der Waals surface area contributed by atoms with Crippen molar-refractivity contribution < 1.29 is 9.90 Å². The highest BCUT2D eigenvalue weighted by Crippen LogP contribution is 2.37. The summed E-state index contributed by atoms with van der Waals surface area (Å²) in [6.07, 6.45) is 3.00. The predicted molar refractivity (Wildman–Crippen MR) is 82.8 cm³/mol. The van der Waals surface area contributed by atoms with Gasteiger partial charge in [0.2, 0.25) is 0 Å². The van der Waals surface area contributed by atoms with Gasteiger partial charge in [-0.3, -0.25) is 0 Å². The molecule has 2 heterocycles. The van der Waals surface area contributed by atoms with Gasteiger partial charge in [0.1, 0.15) is 4.88 Å². The third-order valence-corrected chi connectivity index (χ3v) is 5.35. The van der Waals surface area contributed by atoms with Crippen LogP contribution in [-0.2, 0) is 6.42 Å². The van der Waals surface area contributed by atoms with E-state index in [1.54, 1.807) is 0 Å². The highest BCUT2D eigenvalue weighted by molar-refractivity contribution is 7.17. The fraction of sp³-hybridized carbons (Fsp3) is 0.733. The largest absolute Gasteiger partial charge is 0.477 e. The number of nitrogens with zero attached hydrogens (tertiary/aromatic N) is 2. The van der Waals surface area contributed by atoms with Crippen LogP contribution in [0.4, 0.5) is 5.13 Å². The molecule has 1 N–H and O–H groups in total. The Hall–Kier alpha value is -1.10. The summed E-state index contributed by atoms with van der Waals surface area (Å²) in [6.45, 7) is 10.8. The molecule has 4 nitrogen and oxygen atoms in total.